The van der Waals surface area contributed by atoms with Crippen molar-refractivity contribution in [1.82, 2.24) is 0 Å². The molecule has 1 unspecified atom stereocenters. The van der Waals surface area contributed by atoms with E-state index in [1.54, 1.807) is 24.3 Å². The van der Waals surface area contributed by atoms with Gasteiger partial charge in [0.05, 0.1) is 5.92 Å². The van der Waals surface area contributed by atoms with E-state index in [0.29, 0.717) is 12.1 Å². The standard InChI is InChI=1S/C14H19NO3/c1-9(2)13(14(17)18)8-15-12-6-4-11(5-7-12)10(3)16/h4-7,9,13,15H,8H2,1-3H3,(H,17,18). The Morgan fingerprint density at radius 3 is 2.17 bits per heavy atom. The van der Waals surface area contributed by atoms with Gasteiger partial charge in [-0.3, -0.25) is 9.59 Å². The van der Waals surface area contributed by atoms with E-state index in [1.807, 2.05) is 13.8 Å². The molecule has 0 aliphatic heterocycles. The molecule has 1 aromatic carbocycles. The minimum absolute atomic E-state index is 0.0205. The number of rotatable bonds is 6. The van der Waals surface area contributed by atoms with Gasteiger partial charge in [0.1, 0.15) is 0 Å². The van der Waals surface area contributed by atoms with Crippen LogP contribution in [0, 0.1) is 11.8 Å². The van der Waals surface area contributed by atoms with Crippen LogP contribution in [-0.2, 0) is 4.79 Å². The van der Waals surface area contributed by atoms with Crippen LogP contribution in [0.1, 0.15) is 31.1 Å². The summed E-state index contributed by atoms with van der Waals surface area (Å²) in [4.78, 5) is 22.1. The monoisotopic (exact) mass is 249 g/mol. The second-order valence-corrected chi connectivity index (χ2v) is 4.70. The number of carbonyl (C=O) groups excluding carboxylic acids is 1. The van der Waals surface area contributed by atoms with Gasteiger partial charge in [-0.15, -0.1) is 0 Å². The molecular formula is C14H19NO3. The van der Waals surface area contributed by atoms with E-state index in [9.17, 15) is 9.59 Å². The largest absolute Gasteiger partial charge is 0.481 e. The zero-order chi connectivity index (χ0) is 13.7. The zero-order valence-corrected chi connectivity index (χ0v) is 10.9. The number of hydrogen-bond acceptors (Lipinski definition) is 3. The number of Topliss-reactive ketones (excluding diaryl/α,β-unsaturated/α-hetero) is 1. The van der Waals surface area contributed by atoms with Gasteiger partial charge in [0.2, 0.25) is 0 Å². The number of carbonyl (C=O) groups is 2. The van der Waals surface area contributed by atoms with Crippen LogP contribution in [0.4, 0.5) is 5.69 Å². The molecule has 0 saturated carbocycles. The Morgan fingerprint density at radius 2 is 1.78 bits per heavy atom. The molecule has 2 N–H and O–H groups in total. The molecule has 1 rings (SSSR count). The fourth-order valence-electron chi connectivity index (χ4n) is 1.66. The van der Waals surface area contributed by atoms with Gasteiger partial charge in [0.25, 0.3) is 0 Å². The Morgan fingerprint density at radius 1 is 1.22 bits per heavy atom. The van der Waals surface area contributed by atoms with Crippen molar-refractivity contribution in [2.24, 2.45) is 11.8 Å². The van der Waals surface area contributed by atoms with Gasteiger partial charge in [0.15, 0.2) is 5.78 Å². The molecule has 18 heavy (non-hydrogen) atoms. The second-order valence-electron chi connectivity index (χ2n) is 4.70. The first kappa shape index (κ1) is 14.2. The van der Waals surface area contributed by atoms with Crippen LogP contribution >= 0.6 is 0 Å². The van der Waals surface area contributed by atoms with E-state index in [1.165, 1.54) is 6.92 Å². The number of aliphatic carboxylic acids is 1. The molecule has 4 nitrogen and oxygen atoms in total. The van der Waals surface area contributed by atoms with Gasteiger partial charge in [-0.25, -0.2) is 0 Å². The van der Waals surface area contributed by atoms with E-state index in [2.05, 4.69) is 5.32 Å². The molecule has 0 amide bonds. The lowest BCUT2D eigenvalue weighted by Gasteiger charge is -2.17. The highest BCUT2D eigenvalue weighted by Crippen LogP contribution is 2.14. The maximum atomic E-state index is 11.1. The first-order valence-electron chi connectivity index (χ1n) is 5.99. The van der Waals surface area contributed by atoms with Gasteiger partial charge < -0.3 is 10.4 Å². The van der Waals surface area contributed by atoms with E-state index >= 15 is 0 Å². The lowest BCUT2D eigenvalue weighted by Crippen LogP contribution is -2.27. The summed E-state index contributed by atoms with van der Waals surface area (Å²) in [7, 11) is 0. The summed E-state index contributed by atoms with van der Waals surface area (Å²) >= 11 is 0. The Bertz CT molecular complexity index is 423. The molecule has 4 heteroatoms. The molecular weight excluding hydrogens is 230 g/mol. The molecule has 0 bridgehead atoms. The fourth-order valence-corrected chi connectivity index (χ4v) is 1.66. The van der Waals surface area contributed by atoms with E-state index in [-0.39, 0.29) is 11.7 Å². The van der Waals surface area contributed by atoms with Crippen molar-refractivity contribution in [2.45, 2.75) is 20.8 Å². The minimum atomic E-state index is -0.794. The average Bonchev–Trinajstić information content (AvgIpc) is 2.28. The summed E-state index contributed by atoms with van der Waals surface area (Å²) < 4.78 is 0. The van der Waals surface area contributed by atoms with Gasteiger partial charge in [-0.1, -0.05) is 13.8 Å². The van der Waals surface area contributed by atoms with Gasteiger partial charge >= 0.3 is 5.97 Å². The number of anilines is 1. The number of carboxylic acids is 1. The molecule has 0 aliphatic carbocycles. The third-order valence-electron chi connectivity index (χ3n) is 2.94. The van der Waals surface area contributed by atoms with Gasteiger partial charge in [0, 0.05) is 17.8 Å². The van der Waals surface area contributed by atoms with Crippen molar-refractivity contribution in [2.75, 3.05) is 11.9 Å². The lowest BCUT2D eigenvalue weighted by molar-refractivity contribution is -0.142. The summed E-state index contributed by atoms with van der Waals surface area (Å²) in [5, 5.41) is 12.1. The zero-order valence-electron chi connectivity index (χ0n) is 10.9. The molecule has 0 aliphatic rings. The summed E-state index contributed by atoms with van der Waals surface area (Å²) in [5.41, 5.74) is 1.48. The van der Waals surface area contributed by atoms with Crippen molar-refractivity contribution in [3.05, 3.63) is 29.8 Å². The highest BCUT2D eigenvalue weighted by molar-refractivity contribution is 5.94. The Hall–Kier alpha value is -1.84. The van der Waals surface area contributed by atoms with Crippen molar-refractivity contribution >= 4 is 17.4 Å². The molecule has 0 fully saturated rings. The normalized spacial score (nSPS) is 12.2. The predicted octanol–water partition coefficient (Wildman–Crippen LogP) is 2.66. The van der Waals surface area contributed by atoms with Crippen LogP contribution < -0.4 is 5.32 Å². The lowest BCUT2D eigenvalue weighted by atomic mass is 9.96. The number of hydrogen-bond donors (Lipinski definition) is 2. The number of benzene rings is 1. The SMILES string of the molecule is CC(=O)c1ccc(NCC(C(=O)O)C(C)C)cc1. The summed E-state index contributed by atoms with van der Waals surface area (Å²) in [5.74, 6) is -1.12. The summed E-state index contributed by atoms with van der Waals surface area (Å²) in [6, 6.07) is 7.04. The Labute approximate surface area is 107 Å². The van der Waals surface area contributed by atoms with E-state index in [4.69, 9.17) is 5.11 Å². The quantitative estimate of drug-likeness (QED) is 0.761. The smallest absolute Gasteiger partial charge is 0.308 e. The molecule has 98 valence electrons. The van der Waals surface area contributed by atoms with E-state index < -0.39 is 11.9 Å². The fraction of sp³-hybridized carbons (Fsp3) is 0.429. The third-order valence-corrected chi connectivity index (χ3v) is 2.94. The van der Waals surface area contributed by atoms with Crippen molar-refractivity contribution in [3.8, 4) is 0 Å². The van der Waals surface area contributed by atoms with Crippen molar-refractivity contribution in [1.29, 1.82) is 0 Å². The van der Waals surface area contributed by atoms with Crippen LogP contribution in [0.15, 0.2) is 24.3 Å². The number of ketones is 1. The Kier molecular flexibility index (Phi) is 4.89. The molecule has 1 aromatic rings. The summed E-state index contributed by atoms with van der Waals surface area (Å²) in [6.07, 6.45) is 0. The average molecular weight is 249 g/mol. The molecule has 0 spiro atoms. The van der Waals surface area contributed by atoms with Crippen LogP contribution in [0.5, 0.6) is 0 Å². The number of carboxylic acid groups (broad SMARTS) is 1. The second kappa shape index (κ2) is 6.19. The first-order valence-corrected chi connectivity index (χ1v) is 5.99. The maximum absolute atomic E-state index is 11.1. The van der Waals surface area contributed by atoms with Gasteiger partial charge in [-0.2, -0.15) is 0 Å². The molecule has 0 radical (unpaired) electrons. The topological polar surface area (TPSA) is 66.4 Å². The first-order chi connectivity index (χ1) is 8.41. The molecule has 1 atom stereocenters. The van der Waals surface area contributed by atoms with E-state index in [0.717, 1.165) is 5.69 Å². The predicted molar refractivity (Wildman–Crippen MR) is 70.9 cm³/mol. The highest BCUT2D eigenvalue weighted by atomic mass is 16.4. The van der Waals surface area contributed by atoms with Crippen LogP contribution in [0.3, 0.4) is 0 Å². The molecule has 0 saturated heterocycles. The van der Waals surface area contributed by atoms with Crippen LogP contribution in [0.25, 0.3) is 0 Å². The van der Waals surface area contributed by atoms with Crippen LogP contribution in [0.2, 0.25) is 0 Å². The van der Waals surface area contributed by atoms with Crippen molar-refractivity contribution < 1.29 is 14.7 Å². The minimum Gasteiger partial charge on any atom is -0.481 e. The number of nitrogens with one attached hydrogen (secondary N) is 1. The summed E-state index contributed by atoms with van der Waals surface area (Å²) in [6.45, 7) is 5.67. The van der Waals surface area contributed by atoms with Crippen molar-refractivity contribution in [3.63, 3.8) is 0 Å². The Balaban J connectivity index is 2.62. The van der Waals surface area contributed by atoms with Crippen LogP contribution in [-0.4, -0.2) is 23.4 Å². The third kappa shape index (κ3) is 3.87. The highest BCUT2D eigenvalue weighted by Gasteiger charge is 2.20. The molecule has 0 heterocycles. The molecule has 0 aromatic heterocycles. The van der Waals surface area contributed by atoms with Gasteiger partial charge in [-0.05, 0) is 37.1 Å². The maximum Gasteiger partial charge on any atom is 0.308 e.